The molecule has 0 saturated heterocycles. The molecule has 0 fully saturated rings. The van der Waals surface area contributed by atoms with Crippen LogP contribution >= 0.6 is 0 Å². The molecule has 0 unspecified atom stereocenters. The highest BCUT2D eigenvalue weighted by molar-refractivity contribution is 6.71. The number of nitrogens with zero attached hydrogens (tertiary/aromatic N) is 2. The standard InChI is InChI=1S/C17H18BN3O3/c1-17(2,3)21-16-11(10-19)4-7-15(20-16)23-13-5-6-14-12(8-13)9-18(14)24-22/h4-8,22H,9H2,1-3H3,(H,20,21). The van der Waals surface area contributed by atoms with Gasteiger partial charge in [-0.1, -0.05) is 11.6 Å². The zero-order chi connectivity index (χ0) is 17.3. The number of nitrogens with one attached hydrogen (secondary N) is 1. The molecule has 2 aromatic rings. The van der Waals surface area contributed by atoms with E-state index in [4.69, 9.17) is 9.99 Å². The fraction of sp³-hybridized carbons (Fsp3) is 0.294. The van der Waals surface area contributed by atoms with E-state index in [1.807, 2.05) is 32.9 Å². The Morgan fingerprint density at radius 3 is 2.71 bits per heavy atom. The second-order valence-electron chi connectivity index (χ2n) is 6.79. The first-order chi connectivity index (χ1) is 11.4. The van der Waals surface area contributed by atoms with Crippen molar-refractivity contribution in [2.75, 3.05) is 5.32 Å². The molecule has 0 atom stereocenters. The van der Waals surface area contributed by atoms with Crippen LogP contribution in [0.4, 0.5) is 5.82 Å². The molecule has 0 bridgehead atoms. The number of hydrogen-bond acceptors (Lipinski definition) is 6. The summed E-state index contributed by atoms with van der Waals surface area (Å²) in [5, 5.41) is 21.2. The Kier molecular flexibility index (Phi) is 4.18. The van der Waals surface area contributed by atoms with Gasteiger partial charge in [-0.25, -0.2) is 0 Å². The molecule has 1 aliphatic heterocycles. The minimum atomic E-state index is -0.246. The van der Waals surface area contributed by atoms with Crippen LogP contribution in [0.15, 0.2) is 30.3 Å². The summed E-state index contributed by atoms with van der Waals surface area (Å²) in [5.41, 5.74) is 2.30. The molecule has 2 heterocycles. The van der Waals surface area contributed by atoms with E-state index < -0.39 is 0 Å². The number of anilines is 1. The lowest BCUT2D eigenvalue weighted by Gasteiger charge is -2.24. The lowest BCUT2D eigenvalue weighted by atomic mass is 9.46. The fourth-order valence-corrected chi connectivity index (χ4v) is 2.57. The maximum atomic E-state index is 9.22. The first-order valence-electron chi connectivity index (χ1n) is 7.70. The Morgan fingerprint density at radius 1 is 1.29 bits per heavy atom. The molecule has 24 heavy (non-hydrogen) atoms. The van der Waals surface area contributed by atoms with E-state index in [1.54, 1.807) is 18.2 Å². The molecule has 0 amide bonds. The van der Waals surface area contributed by atoms with Gasteiger partial charge in [0.25, 0.3) is 0 Å². The second-order valence-corrected chi connectivity index (χ2v) is 6.79. The van der Waals surface area contributed by atoms with Gasteiger partial charge in [-0.2, -0.15) is 10.2 Å². The molecule has 0 saturated carbocycles. The van der Waals surface area contributed by atoms with E-state index in [9.17, 15) is 5.26 Å². The molecule has 122 valence electrons. The number of pyridine rings is 1. The van der Waals surface area contributed by atoms with Gasteiger partial charge in [-0.15, -0.1) is 0 Å². The SMILES string of the molecule is CC(C)(C)Nc1nc(Oc2ccc3c(c2)CB3OO)ccc1C#N. The summed E-state index contributed by atoms with van der Waals surface area (Å²) in [4.78, 5) is 8.77. The topological polar surface area (TPSA) is 87.4 Å². The maximum Gasteiger partial charge on any atom is 0.377 e. The van der Waals surface area contributed by atoms with Crippen molar-refractivity contribution in [3.05, 3.63) is 41.5 Å². The third-order valence-electron chi connectivity index (χ3n) is 3.70. The maximum absolute atomic E-state index is 9.22. The highest BCUT2D eigenvalue weighted by Gasteiger charge is 2.33. The van der Waals surface area contributed by atoms with Crippen molar-refractivity contribution < 1.29 is 14.8 Å². The molecule has 7 heteroatoms. The smallest absolute Gasteiger partial charge is 0.377 e. The molecule has 1 aliphatic rings. The van der Waals surface area contributed by atoms with Crippen molar-refractivity contribution in [3.8, 4) is 17.7 Å². The highest BCUT2D eigenvalue weighted by Crippen LogP contribution is 2.27. The second kappa shape index (κ2) is 6.15. The zero-order valence-electron chi connectivity index (χ0n) is 13.8. The van der Waals surface area contributed by atoms with Crippen molar-refractivity contribution in [2.24, 2.45) is 0 Å². The van der Waals surface area contributed by atoms with E-state index >= 15 is 0 Å². The molecule has 3 rings (SSSR count). The van der Waals surface area contributed by atoms with E-state index in [1.165, 1.54) is 0 Å². The van der Waals surface area contributed by atoms with Crippen LogP contribution in [0.1, 0.15) is 31.9 Å². The minimum Gasteiger partial charge on any atom is -0.439 e. The summed E-state index contributed by atoms with van der Waals surface area (Å²) >= 11 is 0. The molecular weight excluding hydrogens is 305 g/mol. The molecule has 1 aromatic carbocycles. The number of rotatable bonds is 4. The van der Waals surface area contributed by atoms with Crippen molar-refractivity contribution in [2.45, 2.75) is 32.6 Å². The van der Waals surface area contributed by atoms with Crippen molar-refractivity contribution in [1.29, 1.82) is 5.26 Å². The first-order valence-corrected chi connectivity index (χ1v) is 7.70. The number of aromatic nitrogens is 1. The summed E-state index contributed by atoms with van der Waals surface area (Å²) in [7, 11) is 0. The highest BCUT2D eigenvalue weighted by atomic mass is 17.1. The van der Waals surface area contributed by atoms with Crippen LogP contribution in [-0.2, 0) is 11.1 Å². The van der Waals surface area contributed by atoms with Gasteiger partial charge in [0, 0.05) is 11.6 Å². The lowest BCUT2D eigenvalue weighted by Crippen LogP contribution is -2.47. The third kappa shape index (κ3) is 3.35. The molecular formula is C17H18BN3O3. The number of hydrogen-bond donors (Lipinski definition) is 2. The van der Waals surface area contributed by atoms with Crippen molar-refractivity contribution in [1.82, 2.24) is 4.98 Å². The van der Waals surface area contributed by atoms with Gasteiger partial charge in [0.1, 0.15) is 17.6 Å². The van der Waals surface area contributed by atoms with Crippen LogP contribution in [0.3, 0.4) is 0 Å². The summed E-state index contributed by atoms with van der Waals surface area (Å²) in [6.07, 6.45) is 0.653. The van der Waals surface area contributed by atoms with E-state index in [2.05, 4.69) is 21.2 Å². The van der Waals surface area contributed by atoms with Gasteiger partial charge in [0.2, 0.25) is 5.88 Å². The summed E-state index contributed by atoms with van der Waals surface area (Å²) in [6, 6.07) is 11.1. The Labute approximate surface area is 141 Å². The van der Waals surface area contributed by atoms with Crippen molar-refractivity contribution in [3.63, 3.8) is 0 Å². The molecule has 6 nitrogen and oxygen atoms in total. The average molecular weight is 323 g/mol. The van der Waals surface area contributed by atoms with Crippen LogP contribution in [0.5, 0.6) is 11.6 Å². The third-order valence-corrected chi connectivity index (χ3v) is 3.70. The van der Waals surface area contributed by atoms with Crippen molar-refractivity contribution >= 4 is 18.2 Å². The molecule has 1 aromatic heterocycles. The van der Waals surface area contributed by atoms with Gasteiger partial charge in [-0.3, -0.25) is 5.26 Å². The summed E-state index contributed by atoms with van der Waals surface area (Å²) in [6.45, 7) is 5.75. The van der Waals surface area contributed by atoms with Crippen LogP contribution in [0, 0.1) is 11.3 Å². The molecule has 0 aliphatic carbocycles. The van der Waals surface area contributed by atoms with E-state index in [-0.39, 0.29) is 12.5 Å². The van der Waals surface area contributed by atoms with Gasteiger partial charge in [0.15, 0.2) is 0 Å². The van der Waals surface area contributed by atoms with Gasteiger partial charge in [0.05, 0.1) is 5.56 Å². The number of benzene rings is 1. The van der Waals surface area contributed by atoms with Gasteiger partial charge in [-0.05, 0) is 50.8 Å². The number of fused-ring (bicyclic) bond motifs is 1. The van der Waals surface area contributed by atoms with E-state index in [0.29, 0.717) is 29.3 Å². The average Bonchev–Trinajstić information content (AvgIpc) is 2.48. The normalized spacial score (nSPS) is 12.9. The molecule has 0 radical (unpaired) electrons. The van der Waals surface area contributed by atoms with Crippen LogP contribution in [-0.4, -0.2) is 22.7 Å². The molecule has 0 spiro atoms. The van der Waals surface area contributed by atoms with Gasteiger partial charge >= 0.3 is 6.92 Å². The quantitative estimate of drug-likeness (QED) is 0.511. The van der Waals surface area contributed by atoms with Crippen LogP contribution in [0.2, 0.25) is 0 Å². The minimum absolute atomic E-state index is 0.216. The predicted octanol–water partition coefficient (Wildman–Crippen LogP) is 2.74. The van der Waals surface area contributed by atoms with Gasteiger partial charge < -0.3 is 14.9 Å². The monoisotopic (exact) mass is 323 g/mol. The first kappa shape index (κ1) is 16.3. The fourth-order valence-electron chi connectivity index (χ4n) is 2.57. The lowest BCUT2D eigenvalue weighted by molar-refractivity contribution is -0.143. The largest absolute Gasteiger partial charge is 0.439 e. The predicted molar refractivity (Wildman–Crippen MR) is 91.6 cm³/mol. The summed E-state index contributed by atoms with van der Waals surface area (Å²) in [5.74, 6) is 1.57. The van der Waals surface area contributed by atoms with Crippen LogP contribution < -0.4 is 15.5 Å². The Bertz CT molecular complexity index is 812. The Morgan fingerprint density at radius 2 is 2.08 bits per heavy atom. The van der Waals surface area contributed by atoms with Crippen LogP contribution in [0.25, 0.3) is 0 Å². The Balaban J connectivity index is 1.82. The summed E-state index contributed by atoms with van der Waals surface area (Å²) < 4.78 is 5.81. The number of nitriles is 1. The van der Waals surface area contributed by atoms with E-state index in [0.717, 1.165) is 11.0 Å². The zero-order valence-corrected chi connectivity index (χ0v) is 13.8. The molecule has 2 N–H and O–H groups in total. The Hall–Kier alpha value is -2.56. The number of ether oxygens (including phenoxy) is 1.